The molecule has 0 radical (unpaired) electrons. The van der Waals surface area contributed by atoms with Gasteiger partial charge in [-0.25, -0.2) is 17.6 Å². The highest BCUT2D eigenvalue weighted by Crippen LogP contribution is 2.22. The molecule has 1 N–H and O–H groups in total. The van der Waals surface area contributed by atoms with E-state index in [0.717, 1.165) is 11.1 Å². The molecular weight excluding hydrogens is 519 g/mol. The number of ketones is 1. The predicted molar refractivity (Wildman–Crippen MR) is 146 cm³/mol. The van der Waals surface area contributed by atoms with E-state index < -0.39 is 34.3 Å². The molecule has 0 saturated carbocycles. The van der Waals surface area contributed by atoms with E-state index in [2.05, 4.69) is 5.32 Å². The molecule has 4 rings (SSSR count). The lowest BCUT2D eigenvalue weighted by atomic mass is 10.1. The smallest absolute Gasteiger partial charge is 0.412 e. The van der Waals surface area contributed by atoms with Crippen LogP contribution in [0.3, 0.4) is 0 Å². The molecule has 0 aliphatic rings. The largest absolute Gasteiger partial charge is 0.441 e. The second kappa shape index (κ2) is 12.5. The van der Waals surface area contributed by atoms with Crippen molar-refractivity contribution in [3.8, 4) is 0 Å². The molecule has 0 fully saturated rings. The highest BCUT2D eigenvalue weighted by molar-refractivity contribution is 7.89. The number of ether oxygens (including phenoxy) is 1. The second-order valence-corrected chi connectivity index (χ2v) is 10.8. The SMILES string of the molecule is Cc1ccc(NC(=O)OCC(=O)c2ccc(S(=O)(=O)N(Cc3ccccc3)Cc3ccccc3)cc2)c(F)c1. The van der Waals surface area contributed by atoms with E-state index in [1.807, 2.05) is 60.7 Å². The monoisotopic (exact) mass is 546 g/mol. The van der Waals surface area contributed by atoms with E-state index in [9.17, 15) is 22.4 Å². The van der Waals surface area contributed by atoms with Crippen LogP contribution in [-0.4, -0.2) is 31.2 Å². The Morgan fingerprint density at radius 2 is 1.38 bits per heavy atom. The number of Topliss-reactive ketones (excluding diaryl/α,β-unsaturated/α-hetero) is 1. The number of hydrogen-bond donors (Lipinski definition) is 1. The van der Waals surface area contributed by atoms with Crippen LogP contribution < -0.4 is 5.32 Å². The molecule has 4 aromatic carbocycles. The molecule has 0 bridgehead atoms. The minimum absolute atomic E-state index is 0.0272. The van der Waals surface area contributed by atoms with Crippen molar-refractivity contribution in [2.45, 2.75) is 24.9 Å². The number of nitrogens with one attached hydrogen (secondary N) is 1. The summed E-state index contributed by atoms with van der Waals surface area (Å²) in [5.41, 5.74) is 2.47. The quantitative estimate of drug-likeness (QED) is 0.248. The van der Waals surface area contributed by atoms with Crippen LogP contribution in [0.15, 0.2) is 108 Å². The van der Waals surface area contributed by atoms with Gasteiger partial charge in [-0.2, -0.15) is 4.31 Å². The Morgan fingerprint density at radius 3 is 1.92 bits per heavy atom. The van der Waals surface area contributed by atoms with E-state index in [1.165, 1.54) is 40.7 Å². The number of amides is 1. The van der Waals surface area contributed by atoms with E-state index in [1.54, 1.807) is 13.0 Å². The van der Waals surface area contributed by atoms with Gasteiger partial charge in [-0.15, -0.1) is 0 Å². The summed E-state index contributed by atoms with van der Waals surface area (Å²) in [6.07, 6.45) is -0.984. The van der Waals surface area contributed by atoms with Gasteiger partial charge in [0.1, 0.15) is 5.82 Å². The average Bonchev–Trinajstić information content (AvgIpc) is 2.94. The molecule has 4 aromatic rings. The van der Waals surface area contributed by atoms with Crippen LogP contribution in [0.4, 0.5) is 14.9 Å². The molecule has 9 heteroatoms. The van der Waals surface area contributed by atoms with Gasteiger partial charge in [-0.05, 0) is 60.0 Å². The maximum Gasteiger partial charge on any atom is 0.412 e. The maximum atomic E-state index is 13.9. The normalized spacial score (nSPS) is 11.3. The summed E-state index contributed by atoms with van der Waals surface area (Å²) in [5, 5.41) is 2.25. The molecule has 0 atom stereocenters. The van der Waals surface area contributed by atoms with Gasteiger partial charge in [0, 0.05) is 18.7 Å². The molecular formula is C30H27FN2O5S. The van der Waals surface area contributed by atoms with Crippen molar-refractivity contribution in [1.82, 2.24) is 4.31 Å². The molecule has 0 spiro atoms. The minimum atomic E-state index is -3.92. The fraction of sp³-hybridized carbons (Fsp3) is 0.133. The third-order valence-electron chi connectivity index (χ3n) is 5.91. The molecule has 0 unspecified atom stereocenters. The highest BCUT2D eigenvalue weighted by atomic mass is 32.2. The number of benzene rings is 4. The number of rotatable bonds is 10. The van der Waals surface area contributed by atoms with E-state index in [4.69, 9.17) is 4.74 Å². The third-order valence-corrected chi connectivity index (χ3v) is 7.72. The van der Waals surface area contributed by atoms with Gasteiger partial charge in [0.25, 0.3) is 0 Å². The number of carbonyl (C=O) groups excluding carboxylic acids is 2. The lowest BCUT2D eigenvalue weighted by molar-refractivity contribution is 0.0863. The summed E-state index contributed by atoms with van der Waals surface area (Å²) < 4.78 is 47.4. The molecule has 0 aliphatic carbocycles. The van der Waals surface area contributed by atoms with Crippen LogP contribution in [0.1, 0.15) is 27.0 Å². The minimum Gasteiger partial charge on any atom is -0.441 e. The molecule has 7 nitrogen and oxygen atoms in total. The molecule has 0 aliphatic heterocycles. The Hall–Kier alpha value is -4.34. The first kappa shape index (κ1) is 27.7. The van der Waals surface area contributed by atoms with Gasteiger partial charge in [0.05, 0.1) is 10.6 Å². The van der Waals surface area contributed by atoms with E-state index in [-0.39, 0.29) is 29.2 Å². The van der Waals surface area contributed by atoms with Crippen LogP contribution in [0, 0.1) is 12.7 Å². The van der Waals surface area contributed by atoms with Crippen LogP contribution >= 0.6 is 0 Å². The standard InChI is InChI=1S/C30H27FN2O5S/c1-22-12-17-28(27(31)18-22)32-30(35)38-21-29(34)25-13-15-26(16-14-25)39(36,37)33(19-23-8-4-2-5-9-23)20-24-10-6-3-7-11-24/h2-18H,19-21H2,1H3,(H,32,35). The first-order valence-corrected chi connectivity index (χ1v) is 13.6. The molecule has 1 amide bonds. The summed E-state index contributed by atoms with van der Waals surface area (Å²) in [4.78, 5) is 24.6. The molecule has 39 heavy (non-hydrogen) atoms. The number of nitrogens with zero attached hydrogens (tertiary/aromatic N) is 1. The Kier molecular flexibility index (Phi) is 8.85. The van der Waals surface area contributed by atoms with Gasteiger partial charge in [-0.1, -0.05) is 66.7 Å². The predicted octanol–water partition coefficient (Wildman–Crippen LogP) is 5.96. The third kappa shape index (κ3) is 7.37. The van der Waals surface area contributed by atoms with Gasteiger partial charge in [0.2, 0.25) is 10.0 Å². The van der Waals surface area contributed by atoms with Crippen LogP contribution in [0.25, 0.3) is 0 Å². The van der Waals surface area contributed by atoms with Crippen molar-refractivity contribution in [3.63, 3.8) is 0 Å². The molecule has 200 valence electrons. The van der Waals surface area contributed by atoms with Crippen molar-refractivity contribution < 1.29 is 27.1 Å². The molecule has 0 aromatic heterocycles. The summed E-state index contributed by atoms with van der Waals surface area (Å²) in [5.74, 6) is -1.16. The Bertz CT molecular complexity index is 1500. The van der Waals surface area contributed by atoms with Gasteiger partial charge in [-0.3, -0.25) is 10.1 Å². The zero-order valence-corrected chi connectivity index (χ0v) is 22.0. The first-order valence-electron chi connectivity index (χ1n) is 12.1. The maximum absolute atomic E-state index is 13.9. The van der Waals surface area contributed by atoms with Crippen molar-refractivity contribution in [2.24, 2.45) is 0 Å². The first-order chi connectivity index (χ1) is 18.7. The van der Waals surface area contributed by atoms with Gasteiger partial charge in [0.15, 0.2) is 12.4 Å². The fourth-order valence-electron chi connectivity index (χ4n) is 3.84. The topological polar surface area (TPSA) is 92.8 Å². The highest BCUT2D eigenvalue weighted by Gasteiger charge is 2.25. The Balaban J connectivity index is 1.44. The van der Waals surface area contributed by atoms with Crippen LogP contribution in [0.2, 0.25) is 0 Å². The average molecular weight is 547 g/mol. The zero-order valence-electron chi connectivity index (χ0n) is 21.2. The number of sulfonamides is 1. The number of carbonyl (C=O) groups is 2. The van der Waals surface area contributed by atoms with Crippen LogP contribution in [0.5, 0.6) is 0 Å². The lowest BCUT2D eigenvalue weighted by Crippen LogP contribution is -2.30. The number of hydrogen-bond acceptors (Lipinski definition) is 5. The van der Waals surface area contributed by atoms with Gasteiger partial charge >= 0.3 is 6.09 Å². The lowest BCUT2D eigenvalue weighted by Gasteiger charge is -2.23. The number of anilines is 1. The van der Waals surface area contributed by atoms with E-state index >= 15 is 0 Å². The molecule has 0 heterocycles. The van der Waals surface area contributed by atoms with Crippen molar-refractivity contribution in [1.29, 1.82) is 0 Å². The Labute approximate surface area is 226 Å². The Morgan fingerprint density at radius 1 is 0.821 bits per heavy atom. The van der Waals surface area contributed by atoms with Crippen molar-refractivity contribution >= 4 is 27.6 Å². The summed E-state index contributed by atoms with van der Waals surface area (Å²) in [7, 11) is -3.92. The number of halogens is 1. The second-order valence-electron chi connectivity index (χ2n) is 8.88. The van der Waals surface area contributed by atoms with Crippen molar-refractivity contribution in [3.05, 3.63) is 131 Å². The zero-order chi connectivity index (χ0) is 27.8. The van der Waals surface area contributed by atoms with Crippen LogP contribution in [-0.2, 0) is 27.8 Å². The van der Waals surface area contributed by atoms with Crippen molar-refractivity contribution in [2.75, 3.05) is 11.9 Å². The summed E-state index contributed by atoms with van der Waals surface area (Å²) in [6.45, 7) is 1.45. The fourth-order valence-corrected chi connectivity index (χ4v) is 5.26. The van der Waals surface area contributed by atoms with E-state index in [0.29, 0.717) is 5.56 Å². The summed E-state index contributed by atoms with van der Waals surface area (Å²) in [6, 6.07) is 28.3. The molecule has 0 saturated heterocycles. The number of aryl methyl sites for hydroxylation is 1. The van der Waals surface area contributed by atoms with Gasteiger partial charge < -0.3 is 4.74 Å². The summed E-state index contributed by atoms with van der Waals surface area (Å²) >= 11 is 0.